The zero-order valence-corrected chi connectivity index (χ0v) is 42.6. The number of pyridine rings is 1. The Morgan fingerprint density at radius 2 is 1.74 bits per heavy atom. The lowest BCUT2D eigenvalue weighted by atomic mass is 9.59. The molecule has 2 aromatic heterocycles. The van der Waals surface area contributed by atoms with E-state index in [-0.39, 0.29) is 75.2 Å². The lowest BCUT2D eigenvalue weighted by Gasteiger charge is -2.56. The zero-order chi connectivity index (χ0) is 50.6. The number of nitro benzene ring substituents is 1. The Labute approximate surface area is 429 Å². The molecule has 5 aromatic rings. The standard InChI is InChI=1S/C54H63N9O10S/c1-31-6-3-4-7-37(31)40-8-5-16-60(40)34-23-54(24-34)13-17-59(18-14-54)42-10-9-38(51(55)64)49(62-41-12-19-69-30-47(41)73-53-44(62)20-33-11-15-56-52(33)58-53)50(42)74(67,68)36-21-43(63(65)66)48-45(22-36)72-29-39(57-48)46-25-61(32(2)26-71-46)35-27-70-28-35/h3-4,6-7,9-11,15,20-22,32,34-35,39-41,46-47,57H,5,8,12-14,16-19,23-30H2,1-2H3,(H2,55,64)(H,56,58)/t32-,39-,40+,41+,46-,47-/m1/s1. The average molecular weight is 1030 g/mol. The van der Waals surface area contributed by atoms with Crippen LogP contribution in [0.1, 0.15) is 79.4 Å². The number of amides is 1. The maximum atomic E-state index is 16.3. The molecule has 6 fully saturated rings. The molecule has 1 amide bonds. The average Bonchev–Trinajstić information content (AvgIpc) is 4.06. The van der Waals surface area contributed by atoms with Crippen LogP contribution in [0, 0.1) is 22.5 Å². The van der Waals surface area contributed by atoms with Gasteiger partial charge in [0.25, 0.3) is 11.6 Å². The highest BCUT2D eigenvalue weighted by molar-refractivity contribution is 7.91. The highest BCUT2D eigenvalue weighted by Gasteiger charge is 2.51. The molecule has 390 valence electrons. The van der Waals surface area contributed by atoms with E-state index in [1.807, 2.05) is 17.0 Å². The molecule has 74 heavy (non-hydrogen) atoms. The Kier molecular flexibility index (Phi) is 11.8. The van der Waals surface area contributed by atoms with Crippen LogP contribution >= 0.6 is 0 Å². The molecule has 5 saturated heterocycles. The van der Waals surface area contributed by atoms with E-state index in [9.17, 15) is 14.9 Å². The van der Waals surface area contributed by atoms with E-state index in [0.717, 1.165) is 50.1 Å². The van der Waals surface area contributed by atoms with Crippen molar-refractivity contribution in [2.75, 3.05) is 80.9 Å². The number of rotatable bonds is 10. The number of nitrogens with one attached hydrogen (secondary N) is 2. The second kappa shape index (κ2) is 18.4. The van der Waals surface area contributed by atoms with E-state index in [2.05, 4.69) is 63.1 Å². The van der Waals surface area contributed by atoms with Crippen molar-refractivity contribution in [2.24, 2.45) is 11.1 Å². The summed E-state index contributed by atoms with van der Waals surface area (Å²) in [7, 11) is -4.80. The molecule has 8 aliphatic rings. The highest BCUT2D eigenvalue weighted by atomic mass is 32.2. The van der Waals surface area contributed by atoms with Crippen molar-refractivity contribution in [2.45, 2.75) is 117 Å². The lowest BCUT2D eigenvalue weighted by Crippen LogP contribution is -2.62. The molecular weight excluding hydrogens is 967 g/mol. The van der Waals surface area contributed by atoms with Gasteiger partial charge in [-0.15, -0.1) is 0 Å². The fourth-order valence-corrected chi connectivity index (χ4v) is 15.3. The Morgan fingerprint density at radius 1 is 0.919 bits per heavy atom. The van der Waals surface area contributed by atoms with Gasteiger partial charge in [0.2, 0.25) is 15.7 Å². The Bertz CT molecular complexity index is 3150. The predicted octanol–water partition coefficient (Wildman–Crippen LogP) is 6.65. The van der Waals surface area contributed by atoms with Gasteiger partial charge in [-0.2, -0.15) is 4.98 Å². The van der Waals surface area contributed by atoms with Crippen LogP contribution in [0.3, 0.4) is 0 Å². The van der Waals surface area contributed by atoms with Gasteiger partial charge in [0, 0.05) is 68.1 Å². The first-order valence-corrected chi connectivity index (χ1v) is 27.8. The molecule has 20 heteroatoms. The molecule has 3 aromatic carbocycles. The minimum atomic E-state index is -4.80. The number of carbonyl (C=O) groups excluding carboxylic acids is 1. The van der Waals surface area contributed by atoms with Crippen LogP contribution in [0.2, 0.25) is 0 Å². The Hall–Kier alpha value is -6.03. The summed E-state index contributed by atoms with van der Waals surface area (Å²) in [6.45, 7) is 9.45. The number of hydrogen-bond donors (Lipinski definition) is 3. The van der Waals surface area contributed by atoms with Gasteiger partial charge in [0.15, 0.2) is 11.4 Å². The zero-order valence-electron chi connectivity index (χ0n) is 41.7. The van der Waals surface area contributed by atoms with Crippen molar-refractivity contribution in [3.63, 3.8) is 0 Å². The highest BCUT2D eigenvalue weighted by Crippen LogP contribution is 2.56. The molecule has 0 radical (unpaired) electrons. The number of nitro groups is 1. The van der Waals surface area contributed by atoms with Gasteiger partial charge in [-0.05, 0) is 106 Å². The molecule has 9 heterocycles. The molecule has 1 spiro atoms. The van der Waals surface area contributed by atoms with Crippen molar-refractivity contribution in [3.05, 3.63) is 93.7 Å². The molecule has 6 atom stereocenters. The van der Waals surface area contributed by atoms with E-state index in [1.165, 1.54) is 23.6 Å². The molecule has 13 rings (SSSR count). The van der Waals surface area contributed by atoms with Gasteiger partial charge >= 0.3 is 0 Å². The monoisotopic (exact) mass is 1030 g/mol. The topological polar surface area (TPSA) is 220 Å². The van der Waals surface area contributed by atoms with Crippen LogP contribution < -0.4 is 30.3 Å². The fourth-order valence-electron chi connectivity index (χ4n) is 13.6. The van der Waals surface area contributed by atoms with Crippen LogP contribution in [0.15, 0.2) is 76.7 Å². The molecule has 0 bridgehead atoms. The smallest absolute Gasteiger partial charge is 0.297 e. The van der Waals surface area contributed by atoms with E-state index in [4.69, 9.17) is 34.4 Å². The number of anilines is 4. The third-order valence-corrected chi connectivity index (χ3v) is 19.5. The second-order valence-corrected chi connectivity index (χ2v) is 23.8. The number of H-pyrrole nitrogens is 1. The summed E-state index contributed by atoms with van der Waals surface area (Å²) in [6, 6.07) is 18.6. The van der Waals surface area contributed by atoms with Gasteiger partial charge in [-0.3, -0.25) is 24.7 Å². The number of piperidine rings is 1. The minimum absolute atomic E-state index is 0.0266. The molecule has 0 unspecified atom stereocenters. The summed E-state index contributed by atoms with van der Waals surface area (Å²) in [5.41, 5.74) is 10.2. The molecule has 19 nitrogen and oxygen atoms in total. The maximum absolute atomic E-state index is 16.3. The number of carbonyl (C=O) groups is 1. The first kappa shape index (κ1) is 47.7. The third-order valence-electron chi connectivity index (χ3n) is 17.7. The SMILES string of the molecule is Cc1ccccc1[C@@H]1CCCN1C1CC2(CCN(c3ccc(C(N)=O)c(N4c5cc6cc[nH]c6nc5O[C@@H]5COCC[C@@H]54)c3S(=O)(=O)c3cc4c(c([N+](=O)[O-])c3)N[C@@H]([C@H]3CN(C5COC5)[C@H](C)CO3)CO4)CC2)C1. The largest absolute Gasteiger partial charge is 0.489 e. The summed E-state index contributed by atoms with van der Waals surface area (Å²) in [6.07, 6.45) is 7.39. The predicted molar refractivity (Wildman–Crippen MR) is 276 cm³/mol. The number of primary amides is 1. The number of fused-ring (bicyclic) bond motifs is 4. The van der Waals surface area contributed by atoms with E-state index in [1.54, 1.807) is 18.3 Å². The Morgan fingerprint density at radius 3 is 2.51 bits per heavy atom. The summed E-state index contributed by atoms with van der Waals surface area (Å²) in [4.78, 5) is 43.1. The van der Waals surface area contributed by atoms with Crippen molar-refractivity contribution >= 4 is 55.2 Å². The normalized spacial score (nSPS) is 27.3. The molecule has 1 aliphatic carbocycles. The van der Waals surface area contributed by atoms with E-state index < -0.39 is 44.5 Å². The number of hydrogen-bond acceptors (Lipinski definition) is 16. The van der Waals surface area contributed by atoms with Gasteiger partial charge in [-0.25, -0.2) is 8.42 Å². The molecule has 7 aliphatic heterocycles. The molecule has 1 saturated carbocycles. The van der Waals surface area contributed by atoms with Gasteiger partial charge in [0.05, 0.1) is 77.4 Å². The van der Waals surface area contributed by atoms with Crippen molar-refractivity contribution in [1.82, 2.24) is 19.8 Å². The fraction of sp³-hybridized carbons (Fsp3) is 0.519. The van der Waals surface area contributed by atoms with Crippen LogP contribution in [0.4, 0.5) is 28.4 Å². The molecular formula is C54H63N9O10S. The lowest BCUT2D eigenvalue weighted by molar-refractivity contribution is -0.384. The summed E-state index contributed by atoms with van der Waals surface area (Å²) >= 11 is 0. The number of aromatic amines is 1. The van der Waals surface area contributed by atoms with Gasteiger partial charge < -0.3 is 49.5 Å². The number of aryl methyl sites for hydroxylation is 1. The van der Waals surface area contributed by atoms with Crippen LogP contribution in [0.25, 0.3) is 11.0 Å². The molecule has 4 N–H and O–H groups in total. The Balaban J connectivity index is 0.892. The van der Waals surface area contributed by atoms with Crippen LogP contribution in [-0.4, -0.2) is 147 Å². The van der Waals surface area contributed by atoms with Gasteiger partial charge in [0.1, 0.15) is 28.9 Å². The number of ether oxygens (including phenoxy) is 5. The number of nitrogens with two attached hydrogens (primary N) is 1. The van der Waals surface area contributed by atoms with Gasteiger partial charge in [-0.1, -0.05) is 24.3 Å². The van der Waals surface area contributed by atoms with Crippen molar-refractivity contribution in [3.8, 4) is 11.6 Å². The van der Waals surface area contributed by atoms with Crippen LogP contribution in [0.5, 0.6) is 11.6 Å². The van der Waals surface area contributed by atoms with E-state index in [0.29, 0.717) is 81.6 Å². The van der Waals surface area contributed by atoms with Crippen molar-refractivity contribution in [1.29, 1.82) is 0 Å². The minimum Gasteiger partial charge on any atom is -0.489 e. The number of sulfone groups is 1. The summed E-state index contributed by atoms with van der Waals surface area (Å²) in [5, 5.41) is 17.3. The number of benzene rings is 3. The first-order valence-electron chi connectivity index (χ1n) is 26.3. The maximum Gasteiger partial charge on any atom is 0.297 e. The van der Waals surface area contributed by atoms with E-state index >= 15 is 8.42 Å². The summed E-state index contributed by atoms with van der Waals surface area (Å²) < 4.78 is 63.1. The third kappa shape index (κ3) is 7.97. The number of likely N-dealkylation sites (tertiary alicyclic amines) is 1. The second-order valence-electron chi connectivity index (χ2n) is 21.9. The summed E-state index contributed by atoms with van der Waals surface area (Å²) in [5.74, 6) is -0.576. The number of morpholine rings is 1. The quantitative estimate of drug-likeness (QED) is 0.0985. The number of nitrogens with zero attached hydrogens (tertiary/aromatic N) is 6. The van der Waals surface area contributed by atoms with Crippen molar-refractivity contribution < 1.29 is 41.8 Å². The van der Waals surface area contributed by atoms with Crippen LogP contribution in [-0.2, 0) is 24.0 Å². The number of aromatic nitrogens is 2. The first-order chi connectivity index (χ1) is 35.8.